The summed E-state index contributed by atoms with van der Waals surface area (Å²) >= 11 is 0. The fraction of sp³-hybridized carbons (Fsp3) is 0.947. The molecule has 136 valence electrons. The van der Waals surface area contributed by atoms with Crippen LogP contribution in [0.4, 0.5) is 0 Å². The zero-order valence-corrected chi connectivity index (χ0v) is 15.0. The van der Waals surface area contributed by atoms with Gasteiger partial charge in [0.1, 0.15) is 6.10 Å². The van der Waals surface area contributed by atoms with E-state index in [0.29, 0.717) is 11.8 Å². The number of hydrogen-bond donors (Lipinski definition) is 2. The zero-order valence-electron chi connectivity index (χ0n) is 15.0. The van der Waals surface area contributed by atoms with Crippen molar-refractivity contribution in [2.45, 2.75) is 51.7 Å². The number of carbonyl (C=O) groups excluding carboxylic acids is 1. The van der Waals surface area contributed by atoms with E-state index >= 15 is 0 Å². The average molecular weight is 336 g/mol. The largest absolute Gasteiger partial charge is 0.462 e. The molecule has 2 aliphatic carbocycles. The number of carbonyl (C=O) groups is 1. The number of piperazine rings is 1. The Labute approximate surface area is 145 Å². The first-order chi connectivity index (χ1) is 11.5. The fourth-order valence-electron chi connectivity index (χ4n) is 6.14. The van der Waals surface area contributed by atoms with Crippen LogP contribution in [0.2, 0.25) is 0 Å². The molecule has 2 aliphatic heterocycles. The summed E-state index contributed by atoms with van der Waals surface area (Å²) in [7, 11) is 0. The van der Waals surface area contributed by atoms with Crippen molar-refractivity contribution < 1.29 is 14.6 Å². The predicted octanol–water partition coefficient (Wildman–Crippen LogP) is 1.26. The summed E-state index contributed by atoms with van der Waals surface area (Å²) in [6.07, 6.45) is 3.79. The molecule has 4 fully saturated rings. The smallest absolute Gasteiger partial charge is 0.310 e. The number of nitrogens with one attached hydrogen (secondary N) is 1. The van der Waals surface area contributed by atoms with Gasteiger partial charge in [0, 0.05) is 38.6 Å². The first-order valence-electron chi connectivity index (χ1n) is 9.80. The Kier molecular flexibility index (Phi) is 4.38. The van der Waals surface area contributed by atoms with E-state index in [2.05, 4.69) is 24.1 Å². The van der Waals surface area contributed by atoms with E-state index in [1.165, 1.54) is 0 Å². The van der Waals surface area contributed by atoms with Crippen molar-refractivity contribution in [1.82, 2.24) is 10.2 Å². The van der Waals surface area contributed by atoms with Gasteiger partial charge in [-0.2, -0.15) is 0 Å². The lowest BCUT2D eigenvalue weighted by molar-refractivity contribution is -0.145. The number of ether oxygens (including phenoxy) is 1. The van der Waals surface area contributed by atoms with E-state index in [0.717, 1.165) is 58.4 Å². The Morgan fingerprint density at radius 3 is 2.83 bits per heavy atom. The van der Waals surface area contributed by atoms with Crippen LogP contribution in [0, 0.1) is 29.1 Å². The third kappa shape index (κ3) is 2.69. The van der Waals surface area contributed by atoms with E-state index in [4.69, 9.17) is 4.74 Å². The standard InChI is InChI=1S/C19H32N2O3/c1-12-9-16-13(10-19(2)15(12)3-4-17(19)22)14(18(23)24-16)11-21-7-5-20-6-8-21/h12-17,20,22H,3-11H2,1-2H3/t12-,13-,14+,15+,16+,17+,19+/m1/s1. The van der Waals surface area contributed by atoms with Crippen LogP contribution < -0.4 is 5.32 Å². The molecule has 0 bridgehead atoms. The summed E-state index contributed by atoms with van der Waals surface area (Å²) in [5.41, 5.74) is -0.0471. The van der Waals surface area contributed by atoms with Crippen LogP contribution in [-0.4, -0.2) is 60.9 Å². The number of rotatable bonds is 2. The van der Waals surface area contributed by atoms with Crippen LogP contribution in [0.3, 0.4) is 0 Å². The monoisotopic (exact) mass is 336 g/mol. The second-order valence-corrected chi connectivity index (χ2v) is 8.92. The summed E-state index contributed by atoms with van der Waals surface area (Å²) in [6.45, 7) is 9.42. The zero-order chi connectivity index (χ0) is 16.9. The highest BCUT2D eigenvalue weighted by molar-refractivity contribution is 5.75. The first kappa shape index (κ1) is 16.8. The molecular formula is C19H32N2O3. The molecule has 5 nitrogen and oxygen atoms in total. The van der Waals surface area contributed by atoms with Crippen molar-refractivity contribution in [2.75, 3.05) is 32.7 Å². The van der Waals surface area contributed by atoms with Crippen LogP contribution in [-0.2, 0) is 9.53 Å². The molecular weight excluding hydrogens is 304 g/mol. The summed E-state index contributed by atoms with van der Waals surface area (Å²) in [5.74, 6) is 1.36. The van der Waals surface area contributed by atoms with Gasteiger partial charge in [-0.3, -0.25) is 9.69 Å². The number of nitrogens with zero attached hydrogens (tertiary/aromatic N) is 1. The third-order valence-electron chi connectivity index (χ3n) is 7.56. The second-order valence-electron chi connectivity index (χ2n) is 8.92. The van der Waals surface area contributed by atoms with Crippen molar-refractivity contribution in [1.29, 1.82) is 0 Å². The van der Waals surface area contributed by atoms with Crippen molar-refractivity contribution in [2.24, 2.45) is 29.1 Å². The Bertz CT molecular complexity index is 493. The summed E-state index contributed by atoms with van der Waals surface area (Å²) in [5, 5.41) is 14.0. The summed E-state index contributed by atoms with van der Waals surface area (Å²) in [4.78, 5) is 15.0. The fourth-order valence-corrected chi connectivity index (χ4v) is 6.14. The van der Waals surface area contributed by atoms with E-state index in [-0.39, 0.29) is 35.4 Å². The molecule has 0 spiro atoms. The maximum absolute atomic E-state index is 12.6. The van der Waals surface area contributed by atoms with E-state index < -0.39 is 0 Å². The Morgan fingerprint density at radius 2 is 2.08 bits per heavy atom. The molecule has 2 heterocycles. The van der Waals surface area contributed by atoms with Gasteiger partial charge < -0.3 is 15.2 Å². The van der Waals surface area contributed by atoms with Crippen molar-refractivity contribution in [3.63, 3.8) is 0 Å². The highest BCUT2D eigenvalue weighted by Crippen LogP contribution is 2.57. The van der Waals surface area contributed by atoms with Crippen LogP contribution in [0.5, 0.6) is 0 Å². The molecule has 4 rings (SSSR count). The van der Waals surface area contributed by atoms with Gasteiger partial charge in [-0.1, -0.05) is 13.8 Å². The van der Waals surface area contributed by atoms with E-state index in [1.807, 2.05) is 0 Å². The van der Waals surface area contributed by atoms with Gasteiger partial charge in [0.05, 0.1) is 12.0 Å². The molecule has 24 heavy (non-hydrogen) atoms. The molecule has 7 atom stereocenters. The Balaban J connectivity index is 1.55. The molecule has 2 N–H and O–H groups in total. The first-order valence-corrected chi connectivity index (χ1v) is 9.80. The quantitative estimate of drug-likeness (QED) is 0.744. The molecule has 0 aromatic carbocycles. The number of aliphatic hydroxyl groups is 1. The summed E-state index contributed by atoms with van der Waals surface area (Å²) < 4.78 is 5.85. The van der Waals surface area contributed by atoms with Crippen molar-refractivity contribution >= 4 is 5.97 Å². The molecule has 4 aliphatic rings. The lowest BCUT2D eigenvalue weighted by Crippen LogP contribution is -2.47. The third-order valence-corrected chi connectivity index (χ3v) is 7.56. The number of fused-ring (bicyclic) bond motifs is 2. The lowest BCUT2D eigenvalue weighted by atomic mass is 9.68. The van der Waals surface area contributed by atoms with Gasteiger partial charge in [0.2, 0.25) is 0 Å². The van der Waals surface area contributed by atoms with Gasteiger partial charge in [-0.25, -0.2) is 0 Å². The van der Waals surface area contributed by atoms with Crippen molar-refractivity contribution in [3.8, 4) is 0 Å². The van der Waals surface area contributed by atoms with Gasteiger partial charge in [0.15, 0.2) is 0 Å². The molecule has 0 aromatic rings. The van der Waals surface area contributed by atoms with Gasteiger partial charge >= 0.3 is 5.97 Å². The predicted molar refractivity (Wildman–Crippen MR) is 91.4 cm³/mol. The molecule has 0 amide bonds. The molecule has 2 saturated heterocycles. The highest BCUT2D eigenvalue weighted by Gasteiger charge is 2.57. The Morgan fingerprint density at radius 1 is 1.33 bits per heavy atom. The van der Waals surface area contributed by atoms with E-state index in [9.17, 15) is 9.90 Å². The number of esters is 1. The maximum Gasteiger partial charge on any atom is 0.310 e. The molecule has 0 radical (unpaired) electrons. The van der Waals surface area contributed by atoms with Crippen LogP contribution in [0.1, 0.15) is 39.5 Å². The van der Waals surface area contributed by atoms with Crippen LogP contribution in [0.15, 0.2) is 0 Å². The van der Waals surface area contributed by atoms with Gasteiger partial charge in [-0.05, 0) is 42.9 Å². The SMILES string of the molecule is C[C@@H]1C[C@@H]2OC(=O)[C@@H](CN3CCNCC3)[C@H]2C[C@]2(C)[C@@H](O)CC[C@@H]12. The minimum Gasteiger partial charge on any atom is -0.462 e. The minimum absolute atomic E-state index is 0.00488. The molecule has 5 heteroatoms. The molecule has 2 saturated carbocycles. The highest BCUT2D eigenvalue weighted by atomic mass is 16.6. The topological polar surface area (TPSA) is 61.8 Å². The Hall–Kier alpha value is -0.650. The second kappa shape index (κ2) is 6.26. The molecule has 0 unspecified atom stereocenters. The number of aliphatic hydroxyl groups excluding tert-OH is 1. The lowest BCUT2D eigenvalue weighted by Gasteiger charge is -2.38. The maximum atomic E-state index is 12.6. The molecule has 0 aromatic heterocycles. The summed E-state index contributed by atoms with van der Waals surface area (Å²) in [6, 6.07) is 0. The minimum atomic E-state index is -0.223. The van der Waals surface area contributed by atoms with Gasteiger partial charge in [-0.15, -0.1) is 0 Å². The van der Waals surface area contributed by atoms with Crippen molar-refractivity contribution in [3.05, 3.63) is 0 Å². The van der Waals surface area contributed by atoms with E-state index in [1.54, 1.807) is 0 Å². The normalized spacial score (nSPS) is 49.4. The number of hydrogen-bond acceptors (Lipinski definition) is 5. The van der Waals surface area contributed by atoms with Crippen LogP contribution >= 0.6 is 0 Å². The average Bonchev–Trinajstić information content (AvgIpc) is 2.96. The van der Waals surface area contributed by atoms with Gasteiger partial charge in [0.25, 0.3) is 0 Å². The van der Waals surface area contributed by atoms with Crippen LogP contribution in [0.25, 0.3) is 0 Å².